The first-order chi connectivity index (χ1) is 9.29. The minimum absolute atomic E-state index is 0.162. The minimum atomic E-state index is -0.162. The monoisotopic (exact) mass is 263 g/mol. The molecule has 0 spiro atoms. The van der Waals surface area contributed by atoms with Crippen molar-refractivity contribution in [2.75, 3.05) is 26.4 Å². The van der Waals surface area contributed by atoms with Gasteiger partial charge in [-0.05, 0) is 18.9 Å². The van der Waals surface area contributed by atoms with E-state index in [2.05, 4.69) is 17.0 Å². The number of hydrogen-bond acceptors (Lipinski definition) is 4. The third kappa shape index (κ3) is 4.33. The number of esters is 1. The van der Waals surface area contributed by atoms with Crippen LogP contribution in [0.5, 0.6) is 0 Å². The molecule has 1 atom stereocenters. The molecule has 0 N–H and O–H groups in total. The first kappa shape index (κ1) is 14.0. The molecule has 1 aromatic carbocycles. The highest BCUT2D eigenvalue weighted by Crippen LogP contribution is 2.16. The van der Waals surface area contributed by atoms with Gasteiger partial charge in [0.1, 0.15) is 0 Å². The maximum Gasteiger partial charge on any atom is 0.320 e. The Morgan fingerprint density at radius 3 is 2.84 bits per heavy atom. The van der Waals surface area contributed by atoms with Gasteiger partial charge in [-0.3, -0.25) is 9.69 Å². The smallest absolute Gasteiger partial charge is 0.320 e. The lowest BCUT2D eigenvalue weighted by Crippen LogP contribution is -2.39. The number of hydrogen-bond donors (Lipinski definition) is 0. The molecule has 1 saturated heterocycles. The second-order valence-corrected chi connectivity index (χ2v) is 4.71. The predicted molar refractivity (Wildman–Crippen MR) is 72.7 cm³/mol. The molecular formula is C15H21NO3. The Labute approximate surface area is 114 Å². The van der Waals surface area contributed by atoms with E-state index in [1.54, 1.807) is 0 Å². The van der Waals surface area contributed by atoms with Gasteiger partial charge < -0.3 is 9.47 Å². The fourth-order valence-corrected chi connectivity index (χ4v) is 2.31. The topological polar surface area (TPSA) is 38.8 Å². The Morgan fingerprint density at radius 1 is 1.42 bits per heavy atom. The lowest BCUT2D eigenvalue weighted by atomic mass is 10.1. The van der Waals surface area contributed by atoms with E-state index in [9.17, 15) is 4.79 Å². The summed E-state index contributed by atoms with van der Waals surface area (Å²) in [5, 5.41) is 0. The highest BCUT2D eigenvalue weighted by molar-refractivity contribution is 5.71. The molecule has 104 valence electrons. The number of rotatable bonds is 6. The molecule has 1 unspecified atom stereocenters. The van der Waals surface area contributed by atoms with Gasteiger partial charge in [-0.15, -0.1) is 0 Å². The number of carbonyl (C=O) groups excluding carboxylic acids is 1. The number of ether oxygens (including phenoxy) is 2. The summed E-state index contributed by atoms with van der Waals surface area (Å²) < 4.78 is 10.5. The Balaban J connectivity index is 1.99. The predicted octanol–water partition coefficient (Wildman–Crippen LogP) is 1.84. The zero-order valence-corrected chi connectivity index (χ0v) is 11.4. The van der Waals surface area contributed by atoms with E-state index in [-0.39, 0.29) is 5.97 Å². The van der Waals surface area contributed by atoms with Crippen molar-refractivity contribution in [3.8, 4) is 0 Å². The summed E-state index contributed by atoms with van der Waals surface area (Å²) in [5.74, 6) is -0.162. The Bertz CT molecular complexity index is 388. The van der Waals surface area contributed by atoms with Crippen molar-refractivity contribution < 1.29 is 14.3 Å². The number of benzene rings is 1. The molecule has 1 aliphatic rings. The van der Waals surface area contributed by atoms with Gasteiger partial charge in [0.15, 0.2) is 0 Å². The summed E-state index contributed by atoms with van der Waals surface area (Å²) in [5.41, 5.74) is 1.21. The Hall–Kier alpha value is -1.39. The molecule has 19 heavy (non-hydrogen) atoms. The normalized spacial score (nSPS) is 18.7. The third-order valence-corrected chi connectivity index (χ3v) is 3.29. The fourth-order valence-electron chi connectivity index (χ4n) is 2.31. The van der Waals surface area contributed by atoms with E-state index in [1.807, 2.05) is 25.1 Å². The zero-order valence-electron chi connectivity index (χ0n) is 11.4. The number of nitrogens with zero attached hydrogens (tertiary/aromatic N) is 1. The molecule has 2 rings (SSSR count). The standard InChI is InChI=1S/C15H21NO3/c1-2-19-15(17)11-16(14-8-9-18-12-14)10-13-6-4-3-5-7-13/h3-7,14H,2,8-12H2,1H3. The van der Waals surface area contributed by atoms with Crippen LogP contribution >= 0.6 is 0 Å². The molecule has 1 fully saturated rings. The highest BCUT2D eigenvalue weighted by Gasteiger charge is 2.25. The summed E-state index contributed by atoms with van der Waals surface area (Å²) >= 11 is 0. The van der Waals surface area contributed by atoms with Gasteiger partial charge in [-0.2, -0.15) is 0 Å². The van der Waals surface area contributed by atoms with Gasteiger partial charge in [0.2, 0.25) is 0 Å². The van der Waals surface area contributed by atoms with Gasteiger partial charge in [0.05, 0.1) is 19.8 Å². The molecule has 0 aromatic heterocycles. The molecule has 0 radical (unpaired) electrons. The van der Waals surface area contributed by atoms with E-state index in [4.69, 9.17) is 9.47 Å². The lowest BCUT2D eigenvalue weighted by molar-refractivity contribution is -0.145. The van der Waals surface area contributed by atoms with Crippen LogP contribution in [-0.2, 0) is 20.8 Å². The average Bonchev–Trinajstić information content (AvgIpc) is 2.93. The Morgan fingerprint density at radius 2 is 2.21 bits per heavy atom. The van der Waals surface area contributed by atoms with Crippen LogP contribution in [-0.4, -0.2) is 43.3 Å². The molecule has 4 nitrogen and oxygen atoms in total. The van der Waals surface area contributed by atoms with Gasteiger partial charge in [-0.25, -0.2) is 0 Å². The van der Waals surface area contributed by atoms with Crippen molar-refractivity contribution in [1.82, 2.24) is 4.90 Å². The first-order valence-corrected chi connectivity index (χ1v) is 6.81. The molecule has 1 aromatic rings. The maximum atomic E-state index is 11.7. The van der Waals surface area contributed by atoms with Crippen LogP contribution in [0.2, 0.25) is 0 Å². The highest BCUT2D eigenvalue weighted by atomic mass is 16.5. The molecular weight excluding hydrogens is 242 g/mol. The molecule has 0 saturated carbocycles. The fraction of sp³-hybridized carbons (Fsp3) is 0.533. The van der Waals surface area contributed by atoms with Crippen molar-refractivity contribution in [1.29, 1.82) is 0 Å². The average molecular weight is 263 g/mol. The van der Waals surface area contributed by atoms with Crippen molar-refractivity contribution in [2.45, 2.75) is 25.9 Å². The van der Waals surface area contributed by atoms with Crippen molar-refractivity contribution >= 4 is 5.97 Å². The molecule has 1 aliphatic heterocycles. The maximum absolute atomic E-state index is 11.7. The van der Waals surface area contributed by atoms with Crippen LogP contribution < -0.4 is 0 Å². The number of carbonyl (C=O) groups is 1. The second-order valence-electron chi connectivity index (χ2n) is 4.71. The van der Waals surface area contributed by atoms with Crippen LogP contribution in [0.4, 0.5) is 0 Å². The molecule has 0 amide bonds. The molecule has 1 heterocycles. The second kappa shape index (κ2) is 7.26. The van der Waals surface area contributed by atoms with E-state index in [1.165, 1.54) is 5.56 Å². The summed E-state index contributed by atoms with van der Waals surface area (Å²) in [7, 11) is 0. The van der Waals surface area contributed by atoms with Gasteiger partial charge >= 0.3 is 5.97 Å². The zero-order chi connectivity index (χ0) is 13.5. The van der Waals surface area contributed by atoms with Crippen LogP contribution in [0.25, 0.3) is 0 Å². The first-order valence-electron chi connectivity index (χ1n) is 6.81. The molecule has 0 aliphatic carbocycles. The Kier molecular flexibility index (Phi) is 5.36. The summed E-state index contributed by atoms with van der Waals surface area (Å²) in [6.07, 6.45) is 0.978. The van der Waals surface area contributed by atoms with Gasteiger partial charge in [-0.1, -0.05) is 30.3 Å². The third-order valence-electron chi connectivity index (χ3n) is 3.29. The van der Waals surface area contributed by atoms with Crippen LogP contribution in [0.3, 0.4) is 0 Å². The quantitative estimate of drug-likeness (QED) is 0.734. The lowest BCUT2D eigenvalue weighted by Gasteiger charge is -2.26. The summed E-state index contributed by atoms with van der Waals surface area (Å²) in [4.78, 5) is 13.8. The van der Waals surface area contributed by atoms with Crippen molar-refractivity contribution in [2.24, 2.45) is 0 Å². The summed E-state index contributed by atoms with van der Waals surface area (Å²) in [6, 6.07) is 10.5. The van der Waals surface area contributed by atoms with E-state index in [0.717, 1.165) is 19.6 Å². The van der Waals surface area contributed by atoms with Crippen molar-refractivity contribution in [3.63, 3.8) is 0 Å². The van der Waals surface area contributed by atoms with Crippen LogP contribution in [0.1, 0.15) is 18.9 Å². The van der Waals surface area contributed by atoms with E-state index < -0.39 is 0 Å². The minimum Gasteiger partial charge on any atom is -0.465 e. The van der Waals surface area contributed by atoms with E-state index >= 15 is 0 Å². The van der Waals surface area contributed by atoms with Gasteiger partial charge in [0.25, 0.3) is 0 Å². The van der Waals surface area contributed by atoms with Gasteiger partial charge in [0, 0.05) is 19.2 Å². The molecule has 0 bridgehead atoms. The SMILES string of the molecule is CCOC(=O)CN(Cc1ccccc1)C1CCOC1. The van der Waals surface area contributed by atoms with E-state index in [0.29, 0.717) is 25.8 Å². The largest absolute Gasteiger partial charge is 0.465 e. The van der Waals surface area contributed by atoms with Crippen LogP contribution in [0, 0.1) is 0 Å². The summed E-state index contributed by atoms with van der Waals surface area (Å²) in [6.45, 7) is 4.83. The molecule has 4 heteroatoms. The van der Waals surface area contributed by atoms with Crippen molar-refractivity contribution in [3.05, 3.63) is 35.9 Å². The van der Waals surface area contributed by atoms with Crippen LogP contribution in [0.15, 0.2) is 30.3 Å².